The maximum Gasteiger partial charge on any atom is 0.309 e. The number of carboxylic acids is 1. The van der Waals surface area contributed by atoms with E-state index in [2.05, 4.69) is 0 Å². The van der Waals surface area contributed by atoms with E-state index in [-0.39, 0.29) is 43.9 Å². The number of carboxylic acid groups (broad SMARTS) is 1. The molecule has 33 heavy (non-hydrogen) atoms. The molecule has 1 aliphatic heterocycles. The summed E-state index contributed by atoms with van der Waals surface area (Å²) in [7, 11) is -3.79. The van der Waals surface area contributed by atoms with Gasteiger partial charge in [0.25, 0.3) is 0 Å². The standard InChI is InChI=1S/C25H27NO6S/c27-24(28)22(13-18-32-20-9-2-1-3-10-20)25(29)14-16-26(17-15-25)33(30,31)23-12-6-8-19-7-4-5-11-21(19)23/h1-12,22,29H,13-18H2,(H,27,28). The topological polar surface area (TPSA) is 104 Å². The van der Waals surface area contributed by atoms with Crippen molar-refractivity contribution in [2.24, 2.45) is 5.92 Å². The highest BCUT2D eigenvalue weighted by Gasteiger charge is 2.45. The Labute approximate surface area is 193 Å². The van der Waals surface area contributed by atoms with Crippen LogP contribution in [0.5, 0.6) is 5.75 Å². The molecule has 0 saturated carbocycles. The van der Waals surface area contributed by atoms with E-state index in [1.54, 1.807) is 36.4 Å². The average Bonchev–Trinajstić information content (AvgIpc) is 2.82. The first kappa shape index (κ1) is 23.2. The third kappa shape index (κ3) is 4.88. The van der Waals surface area contributed by atoms with Crippen LogP contribution in [0.4, 0.5) is 0 Å². The number of hydrogen-bond donors (Lipinski definition) is 2. The largest absolute Gasteiger partial charge is 0.494 e. The van der Waals surface area contributed by atoms with Crippen molar-refractivity contribution in [1.29, 1.82) is 0 Å². The van der Waals surface area contributed by atoms with E-state index in [0.29, 0.717) is 11.1 Å². The monoisotopic (exact) mass is 469 g/mol. The molecule has 0 radical (unpaired) electrons. The Hall–Kier alpha value is -2.94. The van der Waals surface area contributed by atoms with Gasteiger partial charge in [0, 0.05) is 18.5 Å². The van der Waals surface area contributed by atoms with Gasteiger partial charge in [0.2, 0.25) is 10.0 Å². The van der Waals surface area contributed by atoms with Crippen molar-refractivity contribution in [1.82, 2.24) is 4.31 Å². The summed E-state index contributed by atoms with van der Waals surface area (Å²) in [6.45, 7) is 0.234. The number of nitrogens with zero attached hydrogens (tertiary/aromatic N) is 1. The highest BCUT2D eigenvalue weighted by Crippen LogP contribution is 2.35. The lowest BCUT2D eigenvalue weighted by Gasteiger charge is -2.40. The van der Waals surface area contributed by atoms with Crippen LogP contribution in [-0.4, -0.2) is 54.2 Å². The summed E-state index contributed by atoms with van der Waals surface area (Å²) in [6.07, 6.45) is 0.204. The summed E-state index contributed by atoms with van der Waals surface area (Å²) >= 11 is 0. The summed E-state index contributed by atoms with van der Waals surface area (Å²) in [5.74, 6) is -1.53. The van der Waals surface area contributed by atoms with Gasteiger partial charge < -0.3 is 14.9 Å². The molecule has 1 atom stereocenters. The molecular weight excluding hydrogens is 442 g/mol. The summed E-state index contributed by atoms with van der Waals surface area (Å²) in [5.41, 5.74) is -1.50. The minimum Gasteiger partial charge on any atom is -0.494 e. The van der Waals surface area contributed by atoms with Crippen LogP contribution < -0.4 is 4.74 Å². The molecule has 1 aliphatic rings. The number of sulfonamides is 1. The second-order valence-corrected chi connectivity index (χ2v) is 10.2. The first-order valence-corrected chi connectivity index (χ1v) is 12.4. The second kappa shape index (κ2) is 9.51. The van der Waals surface area contributed by atoms with Crippen molar-refractivity contribution in [2.45, 2.75) is 29.8 Å². The van der Waals surface area contributed by atoms with Crippen LogP contribution in [0.1, 0.15) is 19.3 Å². The van der Waals surface area contributed by atoms with Crippen LogP contribution in [0.2, 0.25) is 0 Å². The molecule has 7 nitrogen and oxygen atoms in total. The molecule has 3 aromatic rings. The van der Waals surface area contributed by atoms with Gasteiger partial charge in [0.15, 0.2) is 0 Å². The lowest BCUT2D eigenvalue weighted by atomic mass is 9.78. The van der Waals surface area contributed by atoms with Crippen molar-refractivity contribution in [2.75, 3.05) is 19.7 Å². The van der Waals surface area contributed by atoms with Gasteiger partial charge in [-0.3, -0.25) is 4.79 Å². The third-order valence-corrected chi connectivity index (χ3v) is 8.28. The molecule has 0 spiro atoms. The quantitative estimate of drug-likeness (QED) is 0.523. The Balaban J connectivity index is 1.46. The summed E-state index contributed by atoms with van der Waals surface area (Å²) in [5, 5.41) is 22.4. The van der Waals surface area contributed by atoms with E-state index in [4.69, 9.17) is 4.74 Å². The number of para-hydroxylation sites is 1. The summed E-state index contributed by atoms with van der Waals surface area (Å²) < 4.78 is 33.7. The molecule has 1 unspecified atom stereocenters. The van der Waals surface area contributed by atoms with Gasteiger partial charge in [-0.15, -0.1) is 0 Å². The number of aliphatic hydroxyl groups is 1. The molecule has 0 aliphatic carbocycles. The van der Waals surface area contributed by atoms with Gasteiger partial charge in [0.1, 0.15) is 5.75 Å². The number of fused-ring (bicyclic) bond motifs is 1. The highest BCUT2D eigenvalue weighted by atomic mass is 32.2. The predicted octanol–water partition coefficient (Wildman–Crippen LogP) is 3.53. The Morgan fingerprint density at radius 3 is 2.30 bits per heavy atom. The fourth-order valence-corrected chi connectivity index (χ4v) is 6.11. The Morgan fingerprint density at radius 2 is 1.61 bits per heavy atom. The number of hydrogen-bond acceptors (Lipinski definition) is 5. The lowest BCUT2D eigenvalue weighted by Crippen LogP contribution is -2.52. The van der Waals surface area contributed by atoms with E-state index in [1.807, 2.05) is 36.4 Å². The van der Waals surface area contributed by atoms with Gasteiger partial charge in [-0.05, 0) is 42.8 Å². The maximum atomic E-state index is 13.4. The first-order chi connectivity index (χ1) is 15.8. The van der Waals surface area contributed by atoms with Gasteiger partial charge in [-0.2, -0.15) is 4.31 Å². The predicted molar refractivity (Wildman–Crippen MR) is 125 cm³/mol. The summed E-state index contributed by atoms with van der Waals surface area (Å²) in [4.78, 5) is 12.2. The van der Waals surface area contributed by atoms with Gasteiger partial charge in [0.05, 0.1) is 23.0 Å². The minimum absolute atomic E-state index is 0.0410. The van der Waals surface area contributed by atoms with Crippen molar-refractivity contribution >= 4 is 26.8 Å². The fraction of sp³-hybridized carbons (Fsp3) is 0.320. The molecule has 174 valence electrons. The maximum absolute atomic E-state index is 13.4. The molecule has 0 bridgehead atoms. The number of rotatable bonds is 8. The normalized spacial score (nSPS) is 17.5. The first-order valence-electron chi connectivity index (χ1n) is 10.9. The number of piperidine rings is 1. The van der Waals surface area contributed by atoms with E-state index in [0.717, 1.165) is 5.39 Å². The third-order valence-electron chi connectivity index (χ3n) is 6.32. The Morgan fingerprint density at radius 1 is 0.970 bits per heavy atom. The number of aliphatic carboxylic acids is 1. The molecule has 0 amide bonds. The van der Waals surface area contributed by atoms with Crippen molar-refractivity contribution in [3.8, 4) is 5.75 Å². The second-order valence-electron chi connectivity index (χ2n) is 8.33. The molecule has 1 heterocycles. The van der Waals surface area contributed by atoms with Crippen molar-refractivity contribution in [3.05, 3.63) is 72.8 Å². The van der Waals surface area contributed by atoms with Crippen LogP contribution in [0.3, 0.4) is 0 Å². The zero-order valence-corrected chi connectivity index (χ0v) is 18.9. The smallest absolute Gasteiger partial charge is 0.309 e. The highest BCUT2D eigenvalue weighted by molar-refractivity contribution is 7.89. The SMILES string of the molecule is O=C(O)C(CCOc1ccccc1)C1(O)CCN(S(=O)(=O)c2cccc3ccccc23)CC1. The molecule has 3 aromatic carbocycles. The zero-order chi connectivity index (χ0) is 23.5. The minimum atomic E-state index is -3.79. The molecular formula is C25H27NO6S. The molecule has 2 N–H and O–H groups in total. The molecule has 1 fully saturated rings. The van der Waals surface area contributed by atoms with Crippen LogP contribution in [-0.2, 0) is 14.8 Å². The van der Waals surface area contributed by atoms with E-state index >= 15 is 0 Å². The van der Waals surface area contributed by atoms with Crippen LogP contribution in [0, 0.1) is 5.92 Å². The number of benzene rings is 3. The van der Waals surface area contributed by atoms with Crippen molar-refractivity contribution < 1.29 is 28.2 Å². The van der Waals surface area contributed by atoms with Gasteiger partial charge in [-0.25, -0.2) is 8.42 Å². The van der Waals surface area contributed by atoms with E-state index < -0.39 is 27.5 Å². The van der Waals surface area contributed by atoms with Crippen LogP contribution in [0.15, 0.2) is 77.7 Å². The number of carbonyl (C=O) groups is 1. The van der Waals surface area contributed by atoms with E-state index in [9.17, 15) is 23.4 Å². The fourth-order valence-electron chi connectivity index (χ4n) is 4.46. The van der Waals surface area contributed by atoms with Crippen molar-refractivity contribution in [3.63, 3.8) is 0 Å². The average molecular weight is 470 g/mol. The molecule has 4 rings (SSSR count). The molecule has 0 aromatic heterocycles. The Bertz CT molecular complexity index is 1210. The van der Waals surface area contributed by atoms with Gasteiger partial charge in [-0.1, -0.05) is 54.6 Å². The van der Waals surface area contributed by atoms with E-state index in [1.165, 1.54) is 4.31 Å². The zero-order valence-electron chi connectivity index (χ0n) is 18.1. The van der Waals surface area contributed by atoms with Gasteiger partial charge >= 0.3 is 5.97 Å². The Kier molecular flexibility index (Phi) is 6.69. The van der Waals surface area contributed by atoms with Crippen LogP contribution >= 0.6 is 0 Å². The number of ether oxygens (including phenoxy) is 1. The molecule has 8 heteroatoms. The molecule has 1 saturated heterocycles. The summed E-state index contributed by atoms with van der Waals surface area (Å²) in [6, 6.07) is 21.5. The lowest BCUT2D eigenvalue weighted by molar-refractivity contribution is -0.156. The van der Waals surface area contributed by atoms with Crippen LogP contribution in [0.25, 0.3) is 10.8 Å².